The molecule has 1 atom stereocenters. The van der Waals surface area contributed by atoms with Crippen molar-refractivity contribution in [2.75, 3.05) is 18.4 Å². The second-order valence-electron chi connectivity index (χ2n) is 3.96. The Morgan fingerprint density at radius 3 is 3.12 bits per heavy atom. The van der Waals surface area contributed by atoms with Crippen molar-refractivity contribution in [2.24, 2.45) is 5.92 Å². The molecule has 1 aliphatic rings. The van der Waals surface area contributed by atoms with Crippen molar-refractivity contribution in [2.45, 2.75) is 19.3 Å². The summed E-state index contributed by atoms with van der Waals surface area (Å²) in [5.74, 6) is 0.832. The number of carbonyl (C=O) groups excluding carboxylic acids is 1. The van der Waals surface area contributed by atoms with Gasteiger partial charge in [-0.1, -0.05) is 0 Å². The normalized spacial score (nSPS) is 19.1. The summed E-state index contributed by atoms with van der Waals surface area (Å²) < 4.78 is 0. The van der Waals surface area contributed by atoms with Crippen LogP contribution in [0.3, 0.4) is 0 Å². The lowest BCUT2D eigenvalue weighted by Crippen LogP contribution is -2.14. The molecule has 1 aromatic rings. The summed E-state index contributed by atoms with van der Waals surface area (Å²) in [5.41, 5.74) is 0.926. The molecular formula is C11H17ClN2OS. The number of carbonyl (C=O) groups is 1. The number of anilines is 1. The van der Waals surface area contributed by atoms with Crippen molar-refractivity contribution in [1.82, 2.24) is 5.32 Å². The quantitative estimate of drug-likeness (QED) is 0.873. The van der Waals surface area contributed by atoms with Crippen LogP contribution in [0.1, 0.15) is 19.3 Å². The van der Waals surface area contributed by atoms with E-state index in [4.69, 9.17) is 0 Å². The summed E-state index contributed by atoms with van der Waals surface area (Å²) in [6.07, 6.45) is 2.86. The van der Waals surface area contributed by atoms with E-state index in [2.05, 4.69) is 10.6 Å². The zero-order valence-corrected chi connectivity index (χ0v) is 10.7. The summed E-state index contributed by atoms with van der Waals surface area (Å²) in [4.78, 5) is 11.5. The molecule has 16 heavy (non-hydrogen) atoms. The molecule has 1 aromatic heterocycles. The Morgan fingerprint density at radius 1 is 1.62 bits per heavy atom. The largest absolute Gasteiger partial charge is 0.325 e. The first kappa shape index (κ1) is 13.5. The number of nitrogens with one attached hydrogen (secondary N) is 2. The number of hydrogen-bond acceptors (Lipinski definition) is 3. The van der Waals surface area contributed by atoms with Crippen LogP contribution in [0.2, 0.25) is 0 Å². The molecule has 1 aliphatic heterocycles. The van der Waals surface area contributed by atoms with Crippen molar-refractivity contribution < 1.29 is 4.79 Å². The van der Waals surface area contributed by atoms with Crippen molar-refractivity contribution >= 4 is 35.3 Å². The second-order valence-corrected chi connectivity index (χ2v) is 4.74. The predicted molar refractivity (Wildman–Crippen MR) is 70.4 cm³/mol. The average Bonchev–Trinajstić information content (AvgIpc) is 2.86. The van der Waals surface area contributed by atoms with Crippen LogP contribution in [0.5, 0.6) is 0 Å². The van der Waals surface area contributed by atoms with Gasteiger partial charge in [0.1, 0.15) is 0 Å². The van der Waals surface area contributed by atoms with E-state index in [9.17, 15) is 4.79 Å². The van der Waals surface area contributed by atoms with Gasteiger partial charge in [0.25, 0.3) is 0 Å². The molecule has 0 aliphatic carbocycles. The second kappa shape index (κ2) is 6.89. The lowest BCUT2D eigenvalue weighted by molar-refractivity contribution is -0.116. The third-order valence-corrected chi connectivity index (χ3v) is 3.43. The Kier molecular flexibility index (Phi) is 5.80. The average molecular weight is 261 g/mol. The summed E-state index contributed by atoms with van der Waals surface area (Å²) in [7, 11) is 0. The molecule has 5 heteroatoms. The number of hydrogen-bond donors (Lipinski definition) is 2. The molecule has 1 saturated heterocycles. The third-order valence-electron chi connectivity index (χ3n) is 2.75. The smallest absolute Gasteiger partial charge is 0.224 e. The molecule has 90 valence electrons. The molecule has 0 aromatic carbocycles. The molecule has 0 spiro atoms. The molecule has 1 amide bonds. The lowest BCUT2D eigenvalue weighted by atomic mass is 10.0. The highest BCUT2D eigenvalue weighted by atomic mass is 35.5. The van der Waals surface area contributed by atoms with Gasteiger partial charge in [0, 0.05) is 11.8 Å². The summed E-state index contributed by atoms with van der Waals surface area (Å²) in [5, 5.41) is 10.1. The fourth-order valence-electron chi connectivity index (χ4n) is 1.86. The molecule has 0 radical (unpaired) electrons. The molecule has 1 fully saturated rings. The minimum absolute atomic E-state index is 0. The van der Waals surface area contributed by atoms with Crippen molar-refractivity contribution in [3.8, 4) is 0 Å². The number of thiophene rings is 1. The Bertz CT molecular complexity index is 310. The zero-order chi connectivity index (χ0) is 10.5. The molecule has 3 nitrogen and oxygen atoms in total. The molecule has 2 N–H and O–H groups in total. The minimum Gasteiger partial charge on any atom is -0.325 e. The molecule has 0 bridgehead atoms. The summed E-state index contributed by atoms with van der Waals surface area (Å²) in [6, 6.07) is 1.93. The highest BCUT2D eigenvalue weighted by Gasteiger charge is 2.15. The number of amides is 1. The maximum Gasteiger partial charge on any atom is 0.224 e. The summed E-state index contributed by atoms with van der Waals surface area (Å²) in [6.45, 7) is 2.18. The standard InChI is InChI=1S/C11H16N2OS.ClH/c14-11(13-10-4-6-15-8-10)2-1-9-3-5-12-7-9;/h4,6,8-9,12H,1-3,5,7H2,(H,13,14);1H. The Labute approximate surface area is 106 Å². The monoisotopic (exact) mass is 260 g/mol. The SMILES string of the molecule is Cl.O=C(CCC1CCNC1)Nc1ccsc1. The minimum atomic E-state index is 0. The fraction of sp³-hybridized carbons (Fsp3) is 0.545. The number of rotatable bonds is 4. The van der Waals surface area contributed by atoms with Gasteiger partial charge in [-0.2, -0.15) is 11.3 Å². The Morgan fingerprint density at radius 2 is 2.50 bits per heavy atom. The van der Waals surface area contributed by atoms with Crippen LogP contribution >= 0.6 is 23.7 Å². The molecule has 1 unspecified atom stereocenters. The van der Waals surface area contributed by atoms with E-state index in [-0.39, 0.29) is 18.3 Å². The first-order valence-electron chi connectivity index (χ1n) is 5.37. The van der Waals surface area contributed by atoms with Crippen LogP contribution in [0.4, 0.5) is 5.69 Å². The van der Waals surface area contributed by atoms with Crippen LogP contribution in [0.25, 0.3) is 0 Å². The van der Waals surface area contributed by atoms with E-state index >= 15 is 0 Å². The van der Waals surface area contributed by atoms with Gasteiger partial charge in [0.05, 0.1) is 5.69 Å². The molecule has 2 rings (SSSR count). The van der Waals surface area contributed by atoms with Gasteiger partial charge in [0.2, 0.25) is 5.91 Å². The van der Waals surface area contributed by atoms with Gasteiger partial charge < -0.3 is 10.6 Å². The molecular weight excluding hydrogens is 244 g/mol. The van der Waals surface area contributed by atoms with Crippen molar-refractivity contribution in [3.63, 3.8) is 0 Å². The van der Waals surface area contributed by atoms with Crippen LogP contribution in [-0.4, -0.2) is 19.0 Å². The Balaban J connectivity index is 0.00000128. The maximum atomic E-state index is 11.5. The van der Waals surface area contributed by atoms with Gasteiger partial charge >= 0.3 is 0 Å². The van der Waals surface area contributed by atoms with Crippen LogP contribution in [0, 0.1) is 5.92 Å². The zero-order valence-electron chi connectivity index (χ0n) is 9.07. The van der Waals surface area contributed by atoms with E-state index < -0.39 is 0 Å². The van der Waals surface area contributed by atoms with Crippen LogP contribution in [0.15, 0.2) is 16.8 Å². The van der Waals surface area contributed by atoms with E-state index in [0.717, 1.165) is 25.2 Å². The van der Waals surface area contributed by atoms with E-state index in [1.165, 1.54) is 6.42 Å². The number of halogens is 1. The fourth-order valence-corrected chi connectivity index (χ4v) is 2.44. The van der Waals surface area contributed by atoms with E-state index in [1.54, 1.807) is 11.3 Å². The van der Waals surface area contributed by atoms with Crippen LogP contribution < -0.4 is 10.6 Å². The van der Waals surface area contributed by atoms with Gasteiger partial charge in [-0.05, 0) is 43.3 Å². The van der Waals surface area contributed by atoms with Gasteiger partial charge in [0.15, 0.2) is 0 Å². The first-order chi connectivity index (χ1) is 7.34. The van der Waals surface area contributed by atoms with Crippen molar-refractivity contribution in [3.05, 3.63) is 16.8 Å². The molecule has 2 heterocycles. The van der Waals surface area contributed by atoms with Gasteiger partial charge in [-0.3, -0.25) is 4.79 Å². The summed E-state index contributed by atoms with van der Waals surface area (Å²) >= 11 is 1.60. The molecule has 0 saturated carbocycles. The Hall–Kier alpha value is -0.580. The van der Waals surface area contributed by atoms with Crippen molar-refractivity contribution in [1.29, 1.82) is 0 Å². The third kappa shape index (κ3) is 4.12. The highest BCUT2D eigenvalue weighted by Crippen LogP contribution is 2.16. The van der Waals surface area contributed by atoms with E-state index in [1.807, 2.05) is 16.8 Å². The maximum absolute atomic E-state index is 11.5. The van der Waals surface area contributed by atoms with Crippen LogP contribution in [-0.2, 0) is 4.79 Å². The van der Waals surface area contributed by atoms with E-state index in [0.29, 0.717) is 12.3 Å². The first-order valence-corrected chi connectivity index (χ1v) is 6.31. The van der Waals surface area contributed by atoms with Gasteiger partial charge in [-0.15, -0.1) is 12.4 Å². The lowest BCUT2D eigenvalue weighted by Gasteiger charge is -2.07. The van der Waals surface area contributed by atoms with Gasteiger partial charge in [-0.25, -0.2) is 0 Å². The predicted octanol–water partition coefficient (Wildman–Crippen LogP) is 2.50. The highest BCUT2D eigenvalue weighted by molar-refractivity contribution is 7.08. The topological polar surface area (TPSA) is 41.1 Å².